The molecule has 0 aliphatic carbocycles. The maximum Gasteiger partial charge on any atom is 0.256 e. The smallest absolute Gasteiger partial charge is 0.256 e. The number of carbonyl (C=O) groups is 1. The lowest BCUT2D eigenvalue weighted by Crippen LogP contribution is -2.28. The van der Waals surface area contributed by atoms with Crippen molar-refractivity contribution >= 4 is 11.6 Å². The topological polar surface area (TPSA) is 63.1 Å². The fraction of sp³-hybridized carbons (Fsp3) is 0.400. The molecule has 112 valence electrons. The zero-order valence-electron chi connectivity index (χ0n) is 12.7. The fourth-order valence-electron chi connectivity index (χ4n) is 2.02. The van der Waals surface area contributed by atoms with Gasteiger partial charge in [-0.1, -0.05) is 6.92 Å². The van der Waals surface area contributed by atoms with Crippen LogP contribution >= 0.6 is 0 Å². The van der Waals surface area contributed by atoms with E-state index in [1.807, 2.05) is 17.8 Å². The highest BCUT2D eigenvalue weighted by Crippen LogP contribution is 2.16. The van der Waals surface area contributed by atoms with E-state index in [-0.39, 0.29) is 5.91 Å². The van der Waals surface area contributed by atoms with Crippen molar-refractivity contribution in [3.63, 3.8) is 0 Å². The predicted molar refractivity (Wildman–Crippen MR) is 82.0 cm³/mol. The summed E-state index contributed by atoms with van der Waals surface area (Å²) >= 11 is 0. The monoisotopic (exact) mass is 287 g/mol. The molecule has 0 unspecified atom stereocenters. The zero-order chi connectivity index (χ0) is 15.2. The van der Waals surface area contributed by atoms with Gasteiger partial charge in [0, 0.05) is 39.2 Å². The van der Waals surface area contributed by atoms with Gasteiger partial charge in [0.25, 0.3) is 5.91 Å². The second kappa shape index (κ2) is 6.88. The Kier molecular flexibility index (Phi) is 4.92. The van der Waals surface area contributed by atoms with Crippen LogP contribution in [0, 0.1) is 0 Å². The van der Waals surface area contributed by atoms with Crippen LogP contribution in [0.15, 0.2) is 30.9 Å². The molecule has 6 nitrogen and oxygen atoms in total. The lowest BCUT2D eigenvalue weighted by molar-refractivity contribution is 0.0781. The van der Waals surface area contributed by atoms with Crippen molar-refractivity contribution in [3.8, 4) is 0 Å². The van der Waals surface area contributed by atoms with Gasteiger partial charge >= 0.3 is 0 Å². The number of rotatable bonds is 6. The number of nitrogens with one attached hydrogen (secondary N) is 1. The molecule has 0 atom stereocenters. The number of pyridine rings is 1. The second-order valence-corrected chi connectivity index (χ2v) is 4.96. The van der Waals surface area contributed by atoms with Crippen LogP contribution in [-0.2, 0) is 13.6 Å². The average Bonchev–Trinajstić information content (AvgIpc) is 2.90. The molecule has 21 heavy (non-hydrogen) atoms. The number of hydrogen-bond acceptors (Lipinski definition) is 4. The molecule has 2 aromatic heterocycles. The van der Waals surface area contributed by atoms with E-state index in [0.29, 0.717) is 12.1 Å². The third-order valence-electron chi connectivity index (χ3n) is 3.26. The van der Waals surface area contributed by atoms with Gasteiger partial charge < -0.3 is 14.8 Å². The maximum atomic E-state index is 12.6. The molecule has 2 aromatic rings. The van der Waals surface area contributed by atoms with Crippen molar-refractivity contribution < 1.29 is 4.79 Å². The SMILES string of the molecule is CCCNc1cnccc1C(=O)N(C)Cc1nccn1C. The molecule has 2 heterocycles. The molecule has 6 heteroatoms. The highest BCUT2D eigenvalue weighted by atomic mass is 16.2. The Hall–Kier alpha value is -2.37. The normalized spacial score (nSPS) is 10.4. The highest BCUT2D eigenvalue weighted by Gasteiger charge is 2.17. The van der Waals surface area contributed by atoms with E-state index in [4.69, 9.17) is 0 Å². The van der Waals surface area contributed by atoms with Gasteiger partial charge in [-0.2, -0.15) is 0 Å². The molecule has 0 radical (unpaired) electrons. The first-order valence-corrected chi connectivity index (χ1v) is 7.03. The predicted octanol–water partition coefficient (Wildman–Crippen LogP) is 1.91. The molecular weight excluding hydrogens is 266 g/mol. The van der Waals surface area contributed by atoms with Crippen LogP contribution in [0.5, 0.6) is 0 Å². The Balaban J connectivity index is 2.13. The van der Waals surface area contributed by atoms with Crippen LogP contribution in [-0.4, -0.2) is 38.9 Å². The number of aromatic nitrogens is 3. The van der Waals surface area contributed by atoms with Crippen molar-refractivity contribution in [2.75, 3.05) is 18.9 Å². The largest absolute Gasteiger partial charge is 0.383 e. The van der Waals surface area contributed by atoms with E-state index in [2.05, 4.69) is 22.2 Å². The van der Waals surface area contributed by atoms with E-state index < -0.39 is 0 Å². The molecule has 2 rings (SSSR count). The molecule has 0 saturated carbocycles. The fourth-order valence-corrected chi connectivity index (χ4v) is 2.02. The standard InChI is InChI=1S/C15H21N5O/c1-4-6-17-13-10-16-7-5-12(13)15(21)20(3)11-14-18-8-9-19(14)2/h5,7-10,17H,4,6,11H2,1-3H3. The number of amides is 1. The molecular formula is C15H21N5O. The lowest BCUT2D eigenvalue weighted by atomic mass is 10.2. The molecule has 1 amide bonds. The Morgan fingerprint density at radius 2 is 2.24 bits per heavy atom. The number of anilines is 1. The summed E-state index contributed by atoms with van der Waals surface area (Å²) in [5.41, 5.74) is 1.41. The van der Waals surface area contributed by atoms with Crippen LogP contribution < -0.4 is 5.32 Å². The highest BCUT2D eigenvalue weighted by molar-refractivity contribution is 5.99. The summed E-state index contributed by atoms with van der Waals surface area (Å²) in [6.07, 6.45) is 7.92. The van der Waals surface area contributed by atoms with Crippen molar-refractivity contribution in [2.45, 2.75) is 19.9 Å². The van der Waals surface area contributed by atoms with E-state index >= 15 is 0 Å². The lowest BCUT2D eigenvalue weighted by Gasteiger charge is -2.19. The van der Waals surface area contributed by atoms with Crippen molar-refractivity contribution in [2.24, 2.45) is 7.05 Å². The van der Waals surface area contributed by atoms with Gasteiger partial charge in [0.15, 0.2) is 0 Å². The number of nitrogens with zero attached hydrogens (tertiary/aromatic N) is 4. The van der Waals surface area contributed by atoms with Crippen LogP contribution in [0.2, 0.25) is 0 Å². The minimum atomic E-state index is -0.0426. The summed E-state index contributed by atoms with van der Waals surface area (Å²) < 4.78 is 1.91. The quantitative estimate of drug-likeness (QED) is 0.881. The number of aryl methyl sites for hydroxylation is 1. The van der Waals surface area contributed by atoms with Crippen molar-refractivity contribution in [3.05, 3.63) is 42.2 Å². The molecule has 0 aliphatic rings. The molecule has 0 fully saturated rings. The van der Waals surface area contributed by atoms with Crippen LogP contribution in [0.4, 0.5) is 5.69 Å². The third-order valence-corrected chi connectivity index (χ3v) is 3.26. The second-order valence-electron chi connectivity index (χ2n) is 4.96. The molecule has 0 aromatic carbocycles. The van der Waals surface area contributed by atoms with Gasteiger partial charge in [0.05, 0.1) is 24.0 Å². The summed E-state index contributed by atoms with van der Waals surface area (Å²) in [5, 5.41) is 3.24. The maximum absolute atomic E-state index is 12.6. The van der Waals surface area contributed by atoms with Gasteiger partial charge in [-0.05, 0) is 12.5 Å². The van der Waals surface area contributed by atoms with Gasteiger partial charge in [-0.3, -0.25) is 9.78 Å². The summed E-state index contributed by atoms with van der Waals surface area (Å²) in [5.74, 6) is 0.807. The molecule has 0 bridgehead atoms. The van der Waals surface area contributed by atoms with E-state index in [1.54, 1.807) is 36.6 Å². The van der Waals surface area contributed by atoms with E-state index in [1.165, 1.54) is 0 Å². The molecule has 0 saturated heterocycles. The minimum absolute atomic E-state index is 0.0426. The zero-order valence-corrected chi connectivity index (χ0v) is 12.7. The first-order chi connectivity index (χ1) is 10.1. The average molecular weight is 287 g/mol. The summed E-state index contributed by atoms with van der Waals surface area (Å²) in [6.45, 7) is 3.37. The Morgan fingerprint density at radius 1 is 1.43 bits per heavy atom. The van der Waals surface area contributed by atoms with Gasteiger partial charge in [0.1, 0.15) is 5.82 Å². The van der Waals surface area contributed by atoms with Crippen LogP contribution in [0.1, 0.15) is 29.5 Å². The number of imidazole rings is 1. The van der Waals surface area contributed by atoms with Gasteiger partial charge in [-0.15, -0.1) is 0 Å². The van der Waals surface area contributed by atoms with Crippen LogP contribution in [0.3, 0.4) is 0 Å². The Labute approximate surface area is 124 Å². The number of carbonyl (C=O) groups excluding carboxylic acids is 1. The van der Waals surface area contributed by atoms with Gasteiger partial charge in [0.2, 0.25) is 0 Å². The Morgan fingerprint density at radius 3 is 2.90 bits per heavy atom. The first-order valence-electron chi connectivity index (χ1n) is 7.03. The molecule has 0 aliphatic heterocycles. The summed E-state index contributed by atoms with van der Waals surface area (Å²) in [6, 6.07) is 1.75. The minimum Gasteiger partial charge on any atom is -0.383 e. The number of hydrogen-bond donors (Lipinski definition) is 1. The van der Waals surface area contributed by atoms with Crippen molar-refractivity contribution in [1.29, 1.82) is 0 Å². The van der Waals surface area contributed by atoms with Gasteiger partial charge in [-0.25, -0.2) is 4.98 Å². The van der Waals surface area contributed by atoms with Crippen LogP contribution in [0.25, 0.3) is 0 Å². The first kappa shape index (κ1) is 15.0. The summed E-state index contributed by atoms with van der Waals surface area (Å²) in [7, 11) is 3.70. The summed E-state index contributed by atoms with van der Waals surface area (Å²) in [4.78, 5) is 22.6. The Bertz CT molecular complexity index is 608. The molecule has 1 N–H and O–H groups in total. The van der Waals surface area contributed by atoms with E-state index in [9.17, 15) is 4.79 Å². The van der Waals surface area contributed by atoms with E-state index in [0.717, 1.165) is 24.5 Å². The molecule has 0 spiro atoms. The van der Waals surface area contributed by atoms with Crippen molar-refractivity contribution in [1.82, 2.24) is 19.4 Å². The third kappa shape index (κ3) is 3.59.